The van der Waals surface area contributed by atoms with Crippen LogP contribution in [0.25, 0.3) is 0 Å². The number of methoxy groups -OCH3 is 4. The molecule has 2 atom stereocenters. The molecule has 0 fully saturated rings. The fourth-order valence-electron chi connectivity index (χ4n) is 4.48. The largest absolute Gasteiger partial charge is 0.497 e. The van der Waals surface area contributed by atoms with Gasteiger partial charge in [-0.2, -0.15) is 5.10 Å². The molecule has 0 bridgehead atoms. The molecule has 0 saturated carbocycles. The third-order valence-corrected chi connectivity index (χ3v) is 6.07. The summed E-state index contributed by atoms with van der Waals surface area (Å²) in [5, 5.41) is 7.05. The summed E-state index contributed by atoms with van der Waals surface area (Å²) in [7, 11) is 6.48. The van der Waals surface area contributed by atoms with Crippen LogP contribution in [-0.2, 0) is 0 Å². The Kier molecular flexibility index (Phi) is 5.46. The van der Waals surface area contributed by atoms with Gasteiger partial charge in [-0.1, -0.05) is 30.3 Å². The van der Waals surface area contributed by atoms with E-state index in [0.29, 0.717) is 17.2 Å². The molecule has 0 aliphatic carbocycles. The van der Waals surface area contributed by atoms with Gasteiger partial charge in [0.1, 0.15) is 11.5 Å². The molecular formula is C26H26N2O5. The summed E-state index contributed by atoms with van der Waals surface area (Å²) in [6.45, 7) is 0. The topological polar surface area (TPSA) is 61.8 Å². The summed E-state index contributed by atoms with van der Waals surface area (Å²) in [4.78, 5) is 0. The highest BCUT2D eigenvalue weighted by Gasteiger charge is 2.41. The highest BCUT2D eigenvalue weighted by atomic mass is 16.5. The molecule has 0 unspecified atom stereocenters. The zero-order valence-electron chi connectivity index (χ0n) is 19.1. The number of ether oxygens (including phenoxy) is 5. The first-order chi connectivity index (χ1) is 16.2. The predicted octanol–water partition coefficient (Wildman–Crippen LogP) is 4.96. The summed E-state index contributed by atoms with van der Waals surface area (Å²) in [6.07, 6.45) is 0.302. The van der Waals surface area contributed by atoms with Crippen molar-refractivity contribution in [2.45, 2.75) is 18.7 Å². The molecule has 0 radical (unpaired) electrons. The summed E-state index contributed by atoms with van der Waals surface area (Å²) in [6, 6.07) is 20.0. The van der Waals surface area contributed by atoms with Crippen molar-refractivity contribution in [2.75, 3.05) is 28.4 Å². The minimum atomic E-state index is -0.457. The molecule has 0 amide bonds. The SMILES string of the molecule is COc1cccc(C2=NN3[C@H](C2)c2ccccc2O[C@H]3c2cc(OC)c(OC)c(OC)c2)c1. The third kappa shape index (κ3) is 3.59. The van der Waals surface area contributed by atoms with Gasteiger partial charge in [-0.3, -0.25) is 0 Å². The van der Waals surface area contributed by atoms with Crippen LogP contribution in [0, 0.1) is 0 Å². The molecule has 5 rings (SSSR count). The molecule has 2 heterocycles. The van der Waals surface area contributed by atoms with Crippen molar-refractivity contribution in [3.63, 3.8) is 0 Å². The smallest absolute Gasteiger partial charge is 0.214 e. The molecule has 170 valence electrons. The number of hydrogen-bond acceptors (Lipinski definition) is 7. The Labute approximate surface area is 193 Å². The lowest BCUT2D eigenvalue weighted by atomic mass is 9.96. The van der Waals surface area contributed by atoms with Crippen molar-refractivity contribution < 1.29 is 23.7 Å². The van der Waals surface area contributed by atoms with Crippen LogP contribution in [-0.4, -0.2) is 39.2 Å². The summed E-state index contributed by atoms with van der Waals surface area (Å²) < 4.78 is 28.5. The van der Waals surface area contributed by atoms with Gasteiger partial charge in [0.15, 0.2) is 11.5 Å². The quantitative estimate of drug-likeness (QED) is 0.533. The molecular weight excluding hydrogens is 420 g/mol. The lowest BCUT2D eigenvalue weighted by Crippen LogP contribution is -2.33. The first-order valence-corrected chi connectivity index (χ1v) is 10.7. The molecule has 0 N–H and O–H groups in total. The van der Waals surface area contributed by atoms with Crippen molar-refractivity contribution in [3.8, 4) is 28.7 Å². The van der Waals surface area contributed by atoms with Crippen LogP contribution in [0.3, 0.4) is 0 Å². The van der Waals surface area contributed by atoms with Gasteiger partial charge < -0.3 is 23.7 Å². The van der Waals surface area contributed by atoms with E-state index in [1.807, 2.05) is 53.5 Å². The molecule has 7 nitrogen and oxygen atoms in total. The first-order valence-electron chi connectivity index (χ1n) is 10.7. The van der Waals surface area contributed by atoms with E-state index >= 15 is 0 Å². The molecule has 2 aliphatic rings. The Morgan fingerprint density at radius 2 is 1.61 bits per heavy atom. The Balaban J connectivity index is 1.61. The third-order valence-electron chi connectivity index (χ3n) is 6.07. The maximum atomic E-state index is 6.48. The van der Waals surface area contributed by atoms with Crippen LogP contribution in [0.15, 0.2) is 65.8 Å². The molecule has 0 spiro atoms. The van der Waals surface area contributed by atoms with E-state index in [-0.39, 0.29) is 6.04 Å². The van der Waals surface area contributed by atoms with Gasteiger partial charge in [-0.05, 0) is 30.3 Å². The summed E-state index contributed by atoms with van der Waals surface area (Å²) in [5.74, 6) is 3.33. The highest BCUT2D eigenvalue weighted by Crippen LogP contribution is 2.49. The number of nitrogens with zero attached hydrogens (tertiary/aromatic N) is 2. The van der Waals surface area contributed by atoms with Crippen LogP contribution >= 0.6 is 0 Å². The molecule has 7 heteroatoms. The van der Waals surface area contributed by atoms with Crippen molar-refractivity contribution in [3.05, 3.63) is 77.4 Å². The minimum absolute atomic E-state index is 0.0419. The standard InChI is InChI=1S/C26H26N2O5/c1-29-18-9-7-8-16(12-18)20-15-21-19-10-5-6-11-22(19)33-26(28(21)27-20)17-13-23(30-2)25(32-4)24(14-17)31-3/h5-14,21,26H,15H2,1-4H3/t21-,26+/m1/s1. The first kappa shape index (κ1) is 21.0. The van der Waals surface area contributed by atoms with Crippen molar-refractivity contribution >= 4 is 5.71 Å². The van der Waals surface area contributed by atoms with Gasteiger partial charge in [-0.25, -0.2) is 5.01 Å². The van der Waals surface area contributed by atoms with Gasteiger partial charge in [0.2, 0.25) is 12.0 Å². The van der Waals surface area contributed by atoms with E-state index < -0.39 is 6.23 Å². The van der Waals surface area contributed by atoms with Gasteiger partial charge in [0, 0.05) is 23.1 Å². The number of para-hydroxylation sites is 1. The number of fused-ring (bicyclic) bond motifs is 3. The minimum Gasteiger partial charge on any atom is -0.497 e. The zero-order chi connectivity index (χ0) is 22.9. The van der Waals surface area contributed by atoms with E-state index in [1.54, 1.807) is 28.4 Å². The number of hydrogen-bond donors (Lipinski definition) is 0. The second-order valence-electron chi connectivity index (χ2n) is 7.85. The normalized spacial score (nSPS) is 18.5. The molecule has 3 aromatic carbocycles. The Morgan fingerprint density at radius 3 is 2.30 bits per heavy atom. The Hall–Kier alpha value is -3.87. The maximum absolute atomic E-state index is 6.48. The van der Waals surface area contributed by atoms with Crippen LogP contribution < -0.4 is 23.7 Å². The zero-order valence-corrected chi connectivity index (χ0v) is 19.1. The molecule has 0 saturated heterocycles. The van der Waals surface area contributed by atoms with Gasteiger partial charge in [-0.15, -0.1) is 0 Å². The summed E-state index contributed by atoms with van der Waals surface area (Å²) >= 11 is 0. The van der Waals surface area contributed by atoms with E-state index in [4.69, 9.17) is 28.8 Å². The molecule has 33 heavy (non-hydrogen) atoms. The average Bonchev–Trinajstić information content (AvgIpc) is 3.33. The van der Waals surface area contributed by atoms with Crippen molar-refractivity contribution in [1.29, 1.82) is 0 Å². The molecule has 0 aromatic heterocycles. The fourth-order valence-corrected chi connectivity index (χ4v) is 4.48. The maximum Gasteiger partial charge on any atom is 0.214 e. The number of rotatable bonds is 6. The van der Waals surface area contributed by atoms with Crippen molar-refractivity contribution in [1.82, 2.24) is 5.01 Å². The molecule has 3 aromatic rings. The molecule has 2 aliphatic heterocycles. The summed E-state index contributed by atoms with van der Waals surface area (Å²) in [5.41, 5.74) is 3.99. The highest BCUT2D eigenvalue weighted by molar-refractivity contribution is 6.02. The van der Waals surface area contributed by atoms with E-state index in [9.17, 15) is 0 Å². The number of hydrazone groups is 1. The van der Waals surface area contributed by atoms with Gasteiger partial charge in [0.05, 0.1) is 40.2 Å². The van der Waals surface area contributed by atoms with Crippen LogP contribution in [0.1, 0.15) is 35.4 Å². The fraction of sp³-hybridized carbons (Fsp3) is 0.269. The van der Waals surface area contributed by atoms with Crippen LogP contribution in [0.4, 0.5) is 0 Å². The second-order valence-corrected chi connectivity index (χ2v) is 7.85. The van der Waals surface area contributed by atoms with E-state index in [0.717, 1.165) is 40.3 Å². The Morgan fingerprint density at radius 1 is 0.848 bits per heavy atom. The van der Waals surface area contributed by atoms with Gasteiger partial charge in [0.25, 0.3) is 0 Å². The monoisotopic (exact) mass is 446 g/mol. The lowest BCUT2D eigenvalue weighted by Gasteiger charge is -2.38. The second kappa shape index (κ2) is 8.58. The van der Waals surface area contributed by atoms with Crippen LogP contribution in [0.5, 0.6) is 28.7 Å². The average molecular weight is 447 g/mol. The predicted molar refractivity (Wildman–Crippen MR) is 125 cm³/mol. The number of benzene rings is 3. The lowest BCUT2D eigenvalue weighted by molar-refractivity contribution is -0.0192. The van der Waals surface area contributed by atoms with Crippen molar-refractivity contribution in [2.24, 2.45) is 5.10 Å². The van der Waals surface area contributed by atoms with E-state index in [1.165, 1.54) is 0 Å². The van der Waals surface area contributed by atoms with Gasteiger partial charge >= 0.3 is 0 Å². The van der Waals surface area contributed by atoms with Crippen LogP contribution in [0.2, 0.25) is 0 Å². The Bertz CT molecular complexity index is 1180. The van der Waals surface area contributed by atoms with E-state index in [2.05, 4.69) is 12.1 Å².